The van der Waals surface area contributed by atoms with Crippen molar-refractivity contribution in [2.75, 3.05) is 19.0 Å². The van der Waals surface area contributed by atoms with E-state index in [9.17, 15) is 4.79 Å². The second-order valence-electron chi connectivity index (χ2n) is 6.16. The van der Waals surface area contributed by atoms with Crippen LogP contribution in [0.15, 0.2) is 66.7 Å². The highest BCUT2D eigenvalue weighted by Gasteiger charge is 2.13. The number of benzene rings is 3. The Kier molecular flexibility index (Phi) is 6.98. The Balaban J connectivity index is 1.79. The summed E-state index contributed by atoms with van der Waals surface area (Å²) in [5.74, 6) is 1.70. The molecule has 0 saturated carbocycles. The molecular formula is C23H22ClNO4. The van der Waals surface area contributed by atoms with Gasteiger partial charge >= 0.3 is 0 Å². The van der Waals surface area contributed by atoms with Crippen molar-refractivity contribution in [3.63, 3.8) is 0 Å². The Labute approximate surface area is 175 Å². The molecule has 150 valence electrons. The normalized spacial score (nSPS) is 10.3. The Bertz CT molecular complexity index is 973. The molecule has 0 fully saturated rings. The average Bonchev–Trinajstić information content (AvgIpc) is 2.75. The Morgan fingerprint density at radius 2 is 1.66 bits per heavy atom. The first-order chi connectivity index (χ1) is 14.1. The molecule has 0 aliphatic rings. The van der Waals surface area contributed by atoms with E-state index in [1.165, 1.54) is 0 Å². The minimum atomic E-state index is -0.228. The number of amides is 1. The molecule has 0 radical (unpaired) electrons. The van der Waals surface area contributed by atoms with Crippen LogP contribution in [-0.4, -0.2) is 19.6 Å². The maximum absolute atomic E-state index is 12.6. The van der Waals surface area contributed by atoms with E-state index in [1.807, 2.05) is 31.2 Å². The summed E-state index contributed by atoms with van der Waals surface area (Å²) in [6.07, 6.45) is 0. The van der Waals surface area contributed by atoms with E-state index in [2.05, 4.69) is 5.32 Å². The number of hydrogen-bond acceptors (Lipinski definition) is 4. The van der Waals surface area contributed by atoms with Gasteiger partial charge in [0.15, 0.2) is 11.5 Å². The van der Waals surface area contributed by atoms with Gasteiger partial charge in [0.25, 0.3) is 5.91 Å². The maximum Gasteiger partial charge on any atom is 0.255 e. The zero-order chi connectivity index (χ0) is 20.6. The van der Waals surface area contributed by atoms with E-state index >= 15 is 0 Å². The lowest BCUT2D eigenvalue weighted by molar-refractivity contribution is 0.102. The molecule has 0 saturated heterocycles. The third-order valence-corrected chi connectivity index (χ3v) is 4.43. The molecule has 0 aliphatic carbocycles. The van der Waals surface area contributed by atoms with Crippen LogP contribution in [0.3, 0.4) is 0 Å². The van der Waals surface area contributed by atoms with Crippen LogP contribution in [0.5, 0.6) is 17.2 Å². The molecule has 1 N–H and O–H groups in total. The summed E-state index contributed by atoms with van der Waals surface area (Å²) in [7, 11) is 1.59. The zero-order valence-corrected chi connectivity index (χ0v) is 17.0. The topological polar surface area (TPSA) is 56.8 Å². The van der Waals surface area contributed by atoms with Gasteiger partial charge in [-0.25, -0.2) is 0 Å². The first-order valence-electron chi connectivity index (χ1n) is 9.19. The molecule has 0 unspecified atom stereocenters. The van der Waals surface area contributed by atoms with Crippen LogP contribution >= 0.6 is 11.6 Å². The fourth-order valence-corrected chi connectivity index (χ4v) is 2.89. The minimum Gasteiger partial charge on any atom is -0.493 e. The van der Waals surface area contributed by atoms with Gasteiger partial charge in [0.1, 0.15) is 12.4 Å². The van der Waals surface area contributed by atoms with Gasteiger partial charge in [-0.2, -0.15) is 0 Å². The molecule has 29 heavy (non-hydrogen) atoms. The number of methoxy groups -OCH3 is 1. The van der Waals surface area contributed by atoms with Gasteiger partial charge < -0.3 is 19.5 Å². The van der Waals surface area contributed by atoms with Gasteiger partial charge in [-0.3, -0.25) is 4.79 Å². The predicted molar refractivity (Wildman–Crippen MR) is 114 cm³/mol. The highest BCUT2D eigenvalue weighted by molar-refractivity contribution is 6.30. The van der Waals surface area contributed by atoms with Crippen molar-refractivity contribution in [2.45, 2.75) is 13.5 Å². The third kappa shape index (κ3) is 5.42. The Morgan fingerprint density at radius 1 is 0.931 bits per heavy atom. The van der Waals surface area contributed by atoms with E-state index in [4.69, 9.17) is 25.8 Å². The molecule has 3 aromatic rings. The van der Waals surface area contributed by atoms with Crippen molar-refractivity contribution in [2.24, 2.45) is 0 Å². The number of anilines is 1. The minimum absolute atomic E-state index is 0.228. The number of carbonyl (C=O) groups is 1. The molecule has 6 heteroatoms. The number of halogens is 1. The molecule has 0 bridgehead atoms. The number of rotatable bonds is 8. The first-order valence-corrected chi connectivity index (χ1v) is 9.57. The maximum atomic E-state index is 12.6. The molecular weight excluding hydrogens is 390 g/mol. The quantitative estimate of drug-likeness (QED) is 0.525. The third-order valence-electron chi connectivity index (χ3n) is 4.18. The summed E-state index contributed by atoms with van der Waals surface area (Å²) in [6, 6.07) is 19.6. The summed E-state index contributed by atoms with van der Waals surface area (Å²) >= 11 is 5.89. The van der Waals surface area contributed by atoms with Crippen LogP contribution in [0.4, 0.5) is 5.69 Å². The summed E-state index contributed by atoms with van der Waals surface area (Å²) < 4.78 is 16.9. The second kappa shape index (κ2) is 9.85. The van der Waals surface area contributed by atoms with Crippen LogP contribution in [0.25, 0.3) is 0 Å². The molecule has 0 atom stereocenters. The monoisotopic (exact) mass is 411 g/mol. The second-order valence-corrected chi connectivity index (χ2v) is 6.59. The fraction of sp³-hybridized carbons (Fsp3) is 0.174. The van der Waals surface area contributed by atoms with Crippen molar-refractivity contribution < 1.29 is 19.0 Å². The summed E-state index contributed by atoms with van der Waals surface area (Å²) in [6.45, 7) is 2.65. The van der Waals surface area contributed by atoms with Gasteiger partial charge in [0, 0.05) is 21.8 Å². The van der Waals surface area contributed by atoms with Crippen molar-refractivity contribution in [3.8, 4) is 17.2 Å². The molecule has 0 spiro atoms. The number of hydrogen-bond donors (Lipinski definition) is 1. The Hall–Kier alpha value is -3.18. The van der Waals surface area contributed by atoms with E-state index in [0.29, 0.717) is 40.1 Å². The van der Waals surface area contributed by atoms with Gasteiger partial charge in [0.2, 0.25) is 0 Å². The number of nitrogens with one attached hydrogen (secondary N) is 1. The Morgan fingerprint density at radius 3 is 2.34 bits per heavy atom. The van der Waals surface area contributed by atoms with Crippen LogP contribution in [0.2, 0.25) is 5.02 Å². The van der Waals surface area contributed by atoms with Crippen LogP contribution in [0, 0.1) is 0 Å². The van der Waals surface area contributed by atoms with E-state index < -0.39 is 0 Å². The fourth-order valence-electron chi connectivity index (χ4n) is 2.76. The van der Waals surface area contributed by atoms with Crippen molar-refractivity contribution in [1.29, 1.82) is 0 Å². The largest absolute Gasteiger partial charge is 0.493 e. The lowest BCUT2D eigenvalue weighted by Gasteiger charge is -2.15. The summed E-state index contributed by atoms with van der Waals surface area (Å²) in [5.41, 5.74) is 1.93. The molecule has 3 aromatic carbocycles. The van der Waals surface area contributed by atoms with Gasteiger partial charge in [-0.05, 0) is 61.5 Å². The number of carbonyl (C=O) groups excluding carboxylic acids is 1. The van der Waals surface area contributed by atoms with Crippen LogP contribution in [-0.2, 0) is 6.61 Å². The van der Waals surface area contributed by atoms with E-state index in [0.717, 1.165) is 5.56 Å². The highest BCUT2D eigenvalue weighted by Crippen LogP contribution is 2.29. The van der Waals surface area contributed by atoms with E-state index in [1.54, 1.807) is 49.6 Å². The van der Waals surface area contributed by atoms with Gasteiger partial charge in [-0.15, -0.1) is 0 Å². The molecule has 0 heterocycles. The molecule has 5 nitrogen and oxygen atoms in total. The van der Waals surface area contributed by atoms with E-state index in [-0.39, 0.29) is 12.5 Å². The zero-order valence-electron chi connectivity index (χ0n) is 16.3. The van der Waals surface area contributed by atoms with Crippen LogP contribution in [0.1, 0.15) is 22.8 Å². The van der Waals surface area contributed by atoms with Crippen molar-refractivity contribution >= 4 is 23.2 Å². The standard InChI is InChI=1S/C23H22ClNO4/c1-3-28-20-13-8-16(23(26)25-19-11-9-18(24)10-12-19)14-17(20)15-29-22-7-5-4-6-21(22)27-2/h4-14H,3,15H2,1-2H3,(H,25,26). The summed E-state index contributed by atoms with van der Waals surface area (Å²) in [5, 5.41) is 3.47. The lowest BCUT2D eigenvalue weighted by atomic mass is 10.1. The molecule has 0 aromatic heterocycles. The molecule has 3 rings (SSSR count). The lowest BCUT2D eigenvalue weighted by Crippen LogP contribution is -2.13. The molecule has 1 amide bonds. The van der Waals surface area contributed by atoms with Gasteiger partial charge in [0.05, 0.1) is 13.7 Å². The highest BCUT2D eigenvalue weighted by atomic mass is 35.5. The van der Waals surface area contributed by atoms with Gasteiger partial charge in [-0.1, -0.05) is 23.7 Å². The molecule has 0 aliphatic heterocycles. The first kappa shape index (κ1) is 20.6. The average molecular weight is 412 g/mol. The SMILES string of the molecule is CCOc1ccc(C(=O)Nc2ccc(Cl)cc2)cc1COc1ccccc1OC. The smallest absolute Gasteiger partial charge is 0.255 e. The number of ether oxygens (including phenoxy) is 3. The number of para-hydroxylation sites is 2. The van der Waals surface area contributed by atoms with Crippen molar-refractivity contribution in [1.82, 2.24) is 0 Å². The van der Waals surface area contributed by atoms with Crippen molar-refractivity contribution in [3.05, 3.63) is 82.9 Å². The predicted octanol–water partition coefficient (Wildman–Crippen LogP) is 5.58. The summed E-state index contributed by atoms with van der Waals surface area (Å²) in [4.78, 5) is 12.6. The van der Waals surface area contributed by atoms with Crippen LogP contribution < -0.4 is 19.5 Å².